The van der Waals surface area contributed by atoms with Gasteiger partial charge in [-0.05, 0) is 56.6 Å². The molecule has 3 nitrogen and oxygen atoms in total. The third-order valence-electron chi connectivity index (χ3n) is 10.00. The van der Waals surface area contributed by atoms with E-state index in [0.717, 1.165) is 0 Å². The summed E-state index contributed by atoms with van der Waals surface area (Å²) in [5, 5.41) is 0. The molecule has 2 fully saturated rings. The first-order chi connectivity index (χ1) is 18.3. The molecule has 0 aliphatic carbocycles. The number of hydrogen-bond acceptors (Lipinski definition) is 3. The Morgan fingerprint density at radius 1 is 0.486 bits per heavy atom. The van der Waals surface area contributed by atoms with Crippen LogP contribution in [0.5, 0.6) is 0 Å². The molecule has 3 heteroatoms. The van der Waals surface area contributed by atoms with Gasteiger partial charge in [0.2, 0.25) is 0 Å². The van der Waals surface area contributed by atoms with Crippen LogP contribution in [0.3, 0.4) is 0 Å². The highest BCUT2D eigenvalue weighted by atomic mass is 16.6. The summed E-state index contributed by atoms with van der Waals surface area (Å²) in [6.07, 6.45) is 4.50. The Kier molecular flexibility index (Phi) is 3.34. The summed E-state index contributed by atoms with van der Waals surface area (Å²) in [5.74, 6) is 0.353. The van der Waals surface area contributed by atoms with E-state index in [0.29, 0.717) is 0 Å². The first-order valence-corrected chi connectivity index (χ1v) is 13.4. The van der Waals surface area contributed by atoms with Crippen LogP contribution in [-0.4, -0.2) is 0 Å². The van der Waals surface area contributed by atoms with Gasteiger partial charge in [-0.2, -0.15) is 0 Å². The zero-order valence-corrected chi connectivity index (χ0v) is 20.1. The smallest absolute Gasteiger partial charge is 0.126 e. The molecular formula is C34H24O3. The van der Waals surface area contributed by atoms with Gasteiger partial charge in [0, 0.05) is 11.8 Å². The Morgan fingerprint density at radius 3 is 1.43 bits per heavy atom. The van der Waals surface area contributed by atoms with Crippen molar-refractivity contribution in [1.29, 1.82) is 0 Å². The summed E-state index contributed by atoms with van der Waals surface area (Å²) in [6.45, 7) is 0. The summed E-state index contributed by atoms with van der Waals surface area (Å²) in [5.41, 5.74) is 9.08. The van der Waals surface area contributed by atoms with E-state index >= 15 is 0 Å². The van der Waals surface area contributed by atoms with Crippen LogP contribution in [0.15, 0.2) is 109 Å². The molecule has 37 heavy (non-hydrogen) atoms. The molecule has 6 aliphatic heterocycles. The highest BCUT2D eigenvalue weighted by Crippen LogP contribution is 2.79. The minimum Gasteiger partial charge on any atom is -0.365 e. The van der Waals surface area contributed by atoms with Crippen LogP contribution in [0, 0.1) is 11.8 Å². The number of hydrogen-bond donors (Lipinski definition) is 0. The Bertz CT molecular complexity index is 1540. The fourth-order valence-corrected chi connectivity index (χ4v) is 8.79. The lowest BCUT2D eigenvalue weighted by Crippen LogP contribution is -2.43. The van der Waals surface area contributed by atoms with Crippen molar-refractivity contribution in [2.45, 2.75) is 35.6 Å². The maximum absolute atomic E-state index is 7.70. The van der Waals surface area contributed by atoms with E-state index in [9.17, 15) is 0 Å². The van der Waals surface area contributed by atoms with Gasteiger partial charge in [0.1, 0.15) is 23.4 Å². The molecule has 0 saturated carbocycles. The summed E-state index contributed by atoms with van der Waals surface area (Å²) in [6, 6.07) is 35.4. The summed E-state index contributed by atoms with van der Waals surface area (Å²) in [7, 11) is 0. The molecule has 178 valence electrons. The van der Waals surface area contributed by atoms with E-state index in [-0.39, 0.29) is 36.3 Å². The van der Waals surface area contributed by atoms with Crippen LogP contribution < -0.4 is 0 Å². The van der Waals surface area contributed by atoms with Crippen LogP contribution in [-0.2, 0) is 25.4 Å². The van der Waals surface area contributed by atoms with E-state index < -0.39 is 11.2 Å². The summed E-state index contributed by atoms with van der Waals surface area (Å²) >= 11 is 0. The lowest BCUT2D eigenvalue weighted by molar-refractivity contribution is -0.102. The lowest BCUT2D eigenvalue weighted by atomic mass is 9.55. The highest BCUT2D eigenvalue weighted by molar-refractivity contribution is 5.64. The van der Waals surface area contributed by atoms with Gasteiger partial charge in [-0.1, -0.05) is 97.1 Å². The molecule has 8 atom stereocenters. The molecule has 2 saturated heterocycles. The molecule has 4 aromatic carbocycles. The second-order valence-corrected chi connectivity index (χ2v) is 11.4. The number of ether oxygens (including phenoxy) is 3. The van der Waals surface area contributed by atoms with Gasteiger partial charge >= 0.3 is 0 Å². The third-order valence-corrected chi connectivity index (χ3v) is 10.00. The third kappa shape index (κ3) is 2.01. The van der Waals surface area contributed by atoms with Gasteiger partial charge in [0.15, 0.2) is 0 Å². The topological polar surface area (TPSA) is 27.7 Å². The Morgan fingerprint density at radius 2 is 0.946 bits per heavy atom. The average Bonchev–Trinajstić information content (AvgIpc) is 3.80. The Hall–Kier alpha value is -3.50. The van der Waals surface area contributed by atoms with Crippen molar-refractivity contribution < 1.29 is 14.2 Å². The van der Waals surface area contributed by atoms with Gasteiger partial charge in [0.05, 0.1) is 12.2 Å². The van der Waals surface area contributed by atoms with E-state index in [1.54, 1.807) is 0 Å². The van der Waals surface area contributed by atoms with Crippen molar-refractivity contribution in [3.63, 3.8) is 0 Å². The van der Waals surface area contributed by atoms with Gasteiger partial charge in [-0.15, -0.1) is 0 Å². The molecule has 0 radical (unpaired) electrons. The maximum Gasteiger partial charge on any atom is 0.126 e. The Balaban J connectivity index is 1.34. The van der Waals surface area contributed by atoms with Crippen molar-refractivity contribution >= 4 is 0 Å². The van der Waals surface area contributed by atoms with E-state index in [1.807, 2.05) is 0 Å². The van der Waals surface area contributed by atoms with Gasteiger partial charge in [0.25, 0.3) is 0 Å². The van der Waals surface area contributed by atoms with Gasteiger partial charge in [-0.3, -0.25) is 0 Å². The molecule has 6 bridgehead atoms. The van der Waals surface area contributed by atoms with Crippen LogP contribution in [0.1, 0.15) is 68.9 Å². The Labute approximate surface area is 215 Å². The van der Waals surface area contributed by atoms with Crippen molar-refractivity contribution in [2.75, 3.05) is 0 Å². The average molecular weight is 481 g/mol. The number of fused-ring (bicyclic) bond motifs is 20. The fourth-order valence-electron chi connectivity index (χ4n) is 8.79. The van der Waals surface area contributed by atoms with Gasteiger partial charge in [-0.25, -0.2) is 0 Å². The predicted molar refractivity (Wildman–Crippen MR) is 138 cm³/mol. The zero-order chi connectivity index (χ0) is 23.9. The highest BCUT2D eigenvalue weighted by Gasteiger charge is 2.78. The normalized spacial score (nSPS) is 38.1. The van der Waals surface area contributed by atoms with E-state index in [4.69, 9.17) is 14.2 Å². The molecule has 0 aromatic heterocycles. The first-order valence-electron chi connectivity index (χ1n) is 13.4. The monoisotopic (exact) mass is 480 g/mol. The molecule has 10 rings (SSSR count). The molecule has 0 spiro atoms. The molecule has 6 heterocycles. The second kappa shape index (κ2) is 6.31. The molecule has 4 aromatic rings. The summed E-state index contributed by atoms with van der Waals surface area (Å²) < 4.78 is 21.0. The molecule has 0 N–H and O–H groups in total. The standard InChI is InChI=1S/C34H24O3/c1-3-9-19(10-4-1)33-25-17-23-24(28-16-15-27(23)35-28)18-26(25)34(37-33,20-11-5-2-6-12-20)30-29(33)31-21-13-7-8-14-22(21)32(30)36-31/h1-18,27-32H/t27?,28?,29-,30+,31?,32?,33?,34?. The molecular weight excluding hydrogens is 456 g/mol. The minimum atomic E-state index is -0.593. The fraction of sp³-hybridized carbons (Fsp3) is 0.235. The minimum absolute atomic E-state index is 0.00555. The SMILES string of the molecule is C1=CC2OC1c1cc3c(cc12)C1(c2ccccc2)OC3(c2ccccc2)[C@@H]2C3OC(c4ccccc43)[C@@H]21. The zero-order valence-electron chi connectivity index (χ0n) is 20.1. The van der Waals surface area contributed by atoms with E-state index in [1.165, 1.54) is 44.5 Å². The first kappa shape index (κ1) is 19.6. The second-order valence-electron chi connectivity index (χ2n) is 11.4. The molecule has 0 amide bonds. The van der Waals surface area contributed by atoms with Crippen molar-refractivity contribution in [3.8, 4) is 0 Å². The largest absolute Gasteiger partial charge is 0.365 e. The van der Waals surface area contributed by atoms with Crippen molar-refractivity contribution in [1.82, 2.24) is 0 Å². The van der Waals surface area contributed by atoms with E-state index in [2.05, 4.69) is 109 Å². The lowest BCUT2D eigenvalue weighted by Gasteiger charge is -2.42. The number of rotatable bonds is 2. The predicted octanol–water partition coefficient (Wildman–Crippen LogP) is 6.96. The maximum atomic E-state index is 7.70. The van der Waals surface area contributed by atoms with Crippen LogP contribution in [0.4, 0.5) is 0 Å². The summed E-state index contributed by atoms with van der Waals surface area (Å²) in [4.78, 5) is 0. The molecule has 6 aliphatic rings. The quantitative estimate of drug-likeness (QED) is 0.290. The van der Waals surface area contributed by atoms with Crippen molar-refractivity contribution in [3.05, 3.63) is 154 Å². The number of benzene rings is 4. The van der Waals surface area contributed by atoms with Crippen molar-refractivity contribution in [2.24, 2.45) is 11.8 Å². The van der Waals surface area contributed by atoms with Gasteiger partial charge < -0.3 is 14.2 Å². The molecule has 6 unspecified atom stereocenters. The van der Waals surface area contributed by atoms with Crippen LogP contribution in [0.25, 0.3) is 0 Å². The van der Waals surface area contributed by atoms with Crippen LogP contribution >= 0.6 is 0 Å². The van der Waals surface area contributed by atoms with Crippen LogP contribution in [0.2, 0.25) is 0 Å².